The molecule has 2 rings (SSSR count). The second kappa shape index (κ2) is 6.65. The van der Waals surface area contributed by atoms with Gasteiger partial charge in [-0.05, 0) is 12.1 Å². The van der Waals surface area contributed by atoms with Gasteiger partial charge in [-0.2, -0.15) is 0 Å². The zero-order valence-corrected chi connectivity index (χ0v) is 11.5. The fraction of sp³-hybridized carbons (Fsp3) is 0.125. The predicted octanol–water partition coefficient (Wildman–Crippen LogP) is 3.50. The Balaban J connectivity index is 1.99. The minimum atomic E-state index is -0.523. The van der Waals surface area contributed by atoms with Gasteiger partial charge in [-0.15, -0.1) is 0 Å². The van der Waals surface area contributed by atoms with Crippen LogP contribution in [0.25, 0.3) is 0 Å². The molecule has 0 aliphatic carbocycles. The summed E-state index contributed by atoms with van der Waals surface area (Å²) in [4.78, 5) is 11.9. The highest BCUT2D eigenvalue weighted by molar-refractivity contribution is 6.11. The topological polar surface area (TPSA) is 62.2 Å². The molecule has 0 aliphatic heterocycles. The number of ether oxygens (including phenoxy) is 1. The fourth-order valence-electron chi connectivity index (χ4n) is 1.85. The molecule has 5 heteroatoms. The van der Waals surface area contributed by atoms with Crippen molar-refractivity contribution in [2.45, 2.75) is 6.42 Å². The largest absolute Gasteiger partial charge is 0.494 e. The number of nitrogens with one attached hydrogen (secondary N) is 2. The van der Waals surface area contributed by atoms with E-state index in [2.05, 4.69) is 5.32 Å². The maximum atomic E-state index is 13.5. The van der Waals surface area contributed by atoms with Gasteiger partial charge >= 0.3 is 0 Å². The summed E-state index contributed by atoms with van der Waals surface area (Å²) < 4.78 is 18.3. The number of benzene rings is 2. The number of hydrogen-bond acceptors (Lipinski definition) is 3. The number of anilines is 1. The standard InChI is InChI=1S/C16H15FN2O2/c1-21-15-8-7-12(9-13(15)17)19-16(18)10-14(20)11-5-3-2-4-6-11/h2-9H,10H2,1H3,(H2,18,19). The molecular formula is C16H15FN2O2. The molecule has 0 unspecified atom stereocenters. The van der Waals surface area contributed by atoms with Crippen molar-refractivity contribution >= 4 is 17.3 Å². The zero-order valence-electron chi connectivity index (χ0n) is 11.5. The van der Waals surface area contributed by atoms with Crippen molar-refractivity contribution in [3.8, 4) is 5.75 Å². The molecule has 0 atom stereocenters. The SMILES string of the molecule is COc1ccc(NC(=N)CC(=O)c2ccccc2)cc1F. The van der Waals surface area contributed by atoms with Crippen LogP contribution in [0.4, 0.5) is 10.1 Å². The Kier molecular flexibility index (Phi) is 4.66. The average Bonchev–Trinajstić information content (AvgIpc) is 2.48. The lowest BCUT2D eigenvalue weighted by molar-refractivity contribution is 0.100. The Labute approximate surface area is 122 Å². The van der Waals surface area contributed by atoms with E-state index in [1.807, 2.05) is 6.07 Å². The molecule has 0 aliphatic rings. The summed E-state index contributed by atoms with van der Waals surface area (Å²) in [5.41, 5.74) is 0.948. The highest BCUT2D eigenvalue weighted by Gasteiger charge is 2.10. The van der Waals surface area contributed by atoms with E-state index in [1.165, 1.54) is 19.2 Å². The Morgan fingerprint density at radius 1 is 1.24 bits per heavy atom. The molecule has 0 amide bonds. The molecule has 0 bridgehead atoms. The second-order valence-electron chi connectivity index (χ2n) is 4.42. The normalized spacial score (nSPS) is 10.0. The number of methoxy groups -OCH3 is 1. The highest BCUT2D eigenvalue weighted by atomic mass is 19.1. The molecule has 21 heavy (non-hydrogen) atoms. The number of carbonyl (C=O) groups is 1. The third-order valence-corrected chi connectivity index (χ3v) is 2.88. The van der Waals surface area contributed by atoms with Crippen molar-refractivity contribution in [1.29, 1.82) is 5.41 Å². The number of amidine groups is 1. The third-order valence-electron chi connectivity index (χ3n) is 2.88. The van der Waals surface area contributed by atoms with Gasteiger partial charge in [-0.3, -0.25) is 10.2 Å². The first-order valence-electron chi connectivity index (χ1n) is 6.36. The molecule has 0 radical (unpaired) electrons. The molecular weight excluding hydrogens is 271 g/mol. The van der Waals surface area contributed by atoms with Crippen molar-refractivity contribution in [3.63, 3.8) is 0 Å². The van der Waals surface area contributed by atoms with Gasteiger partial charge in [0.25, 0.3) is 0 Å². The molecule has 0 spiro atoms. The maximum Gasteiger partial charge on any atom is 0.170 e. The van der Waals surface area contributed by atoms with Crippen LogP contribution in [0.1, 0.15) is 16.8 Å². The van der Waals surface area contributed by atoms with Gasteiger partial charge in [0.05, 0.1) is 13.5 Å². The van der Waals surface area contributed by atoms with Crippen LogP contribution in [-0.2, 0) is 0 Å². The van der Waals surface area contributed by atoms with Gasteiger partial charge in [0.1, 0.15) is 5.84 Å². The average molecular weight is 286 g/mol. The number of rotatable bonds is 5. The third kappa shape index (κ3) is 3.89. The molecule has 2 aromatic rings. The molecule has 0 aromatic heterocycles. The van der Waals surface area contributed by atoms with Crippen molar-refractivity contribution < 1.29 is 13.9 Å². The Hall–Kier alpha value is -2.69. The maximum absolute atomic E-state index is 13.5. The van der Waals surface area contributed by atoms with Crippen LogP contribution >= 0.6 is 0 Å². The van der Waals surface area contributed by atoms with Crippen LogP contribution in [0.2, 0.25) is 0 Å². The summed E-state index contributed by atoms with van der Waals surface area (Å²) in [6.45, 7) is 0. The summed E-state index contributed by atoms with van der Waals surface area (Å²) in [5, 5.41) is 10.5. The van der Waals surface area contributed by atoms with E-state index < -0.39 is 5.82 Å². The summed E-state index contributed by atoms with van der Waals surface area (Å²) in [7, 11) is 1.38. The van der Waals surface area contributed by atoms with Gasteiger partial charge in [0, 0.05) is 17.3 Å². The first-order valence-corrected chi connectivity index (χ1v) is 6.36. The summed E-state index contributed by atoms with van der Waals surface area (Å²) in [6, 6.07) is 13.0. The van der Waals surface area contributed by atoms with Gasteiger partial charge < -0.3 is 10.1 Å². The van der Waals surface area contributed by atoms with Crippen LogP contribution in [-0.4, -0.2) is 18.7 Å². The number of ketones is 1. The first-order chi connectivity index (χ1) is 10.1. The first kappa shape index (κ1) is 14.7. The zero-order chi connectivity index (χ0) is 15.2. The van der Waals surface area contributed by atoms with E-state index in [0.717, 1.165) is 0 Å². The molecule has 0 fully saturated rings. The molecule has 2 aromatic carbocycles. The smallest absolute Gasteiger partial charge is 0.170 e. The molecule has 108 valence electrons. The number of Topliss-reactive ketones (excluding diaryl/α,β-unsaturated/α-hetero) is 1. The quantitative estimate of drug-likeness (QED) is 0.502. The van der Waals surface area contributed by atoms with Crippen molar-refractivity contribution in [1.82, 2.24) is 0 Å². The highest BCUT2D eigenvalue weighted by Crippen LogP contribution is 2.20. The Morgan fingerprint density at radius 3 is 2.57 bits per heavy atom. The van der Waals surface area contributed by atoms with Crippen molar-refractivity contribution in [3.05, 3.63) is 59.9 Å². The molecule has 0 heterocycles. The van der Waals surface area contributed by atoms with E-state index in [1.54, 1.807) is 30.3 Å². The van der Waals surface area contributed by atoms with Crippen LogP contribution in [0, 0.1) is 11.2 Å². The van der Waals surface area contributed by atoms with Gasteiger partial charge in [-0.25, -0.2) is 4.39 Å². The van der Waals surface area contributed by atoms with E-state index in [-0.39, 0.29) is 23.8 Å². The van der Waals surface area contributed by atoms with Crippen LogP contribution in [0.3, 0.4) is 0 Å². The number of hydrogen-bond donors (Lipinski definition) is 2. The Morgan fingerprint density at radius 2 is 1.95 bits per heavy atom. The van der Waals surface area contributed by atoms with Gasteiger partial charge in [0.2, 0.25) is 0 Å². The monoisotopic (exact) mass is 286 g/mol. The summed E-state index contributed by atoms with van der Waals surface area (Å²) in [6.07, 6.45) is -0.0718. The van der Waals surface area contributed by atoms with Crippen molar-refractivity contribution in [2.24, 2.45) is 0 Å². The van der Waals surface area contributed by atoms with E-state index in [4.69, 9.17) is 10.1 Å². The summed E-state index contributed by atoms with van der Waals surface area (Å²) in [5.74, 6) is -0.548. The van der Waals surface area contributed by atoms with Crippen molar-refractivity contribution in [2.75, 3.05) is 12.4 Å². The van der Waals surface area contributed by atoms with Gasteiger partial charge in [-0.1, -0.05) is 30.3 Å². The second-order valence-corrected chi connectivity index (χ2v) is 4.42. The lowest BCUT2D eigenvalue weighted by Crippen LogP contribution is -2.16. The molecule has 4 nitrogen and oxygen atoms in total. The molecule has 0 saturated heterocycles. The minimum Gasteiger partial charge on any atom is -0.494 e. The minimum absolute atomic E-state index is 0.00780. The molecule has 2 N–H and O–H groups in total. The van der Waals surface area contributed by atoms with Crippen LogP contribution < -0.4 is 10.1 Å². The van der Waals surface area contributed by atoms with E-state index in [9.17, 15) is 9.18 Å². The predicted molar refractivity (Wildman–Crippen MR) is 79.7 cm³/mol. The van der Waals surface area contributed by atoms with E-state index >= 15 is 0 Å². The lowest BCUT2D eigenvalue weighted by Gasteiger charge is -2.09. The number of carbonyl (C=O) groups excluding carboxylic acids is 1. The van der Waals surface area contributed by atoms with Crippen LogP contribution in [0.5, 0.6) is 5.75 Å². The van der Waals surface area contributed by atoms with E-state index in [0.29, 0.717) is 11.3 Å². The molecule has 0 saturated carbocycles. The fourth-order valence-corrected chi connectivity index (χ4v) is 1.85. The number of halogens is 1. The lowest BCUT2D eigenvalue weighted by atomic mass is 10.1. The summed E-state index contributed by atoms with van der Waals surface area (Å²) >= 11 is 0. The van der Waals surface area contributed by atoms with Crippen LogP contribution in [0.15, 0.2) is 48.5 Å². The van der Waals surface area contributed by atoms with Gasteiger partial charge in [0.15, 0.2) is 17.3 Å². The Bertz CT molecular complexity index is 657.